The van der Waals surface area contributed by atoms with E-state index in [1.165, 1.54) is 10.9 Å². The molecule has 0 radical (unpaired) electrons. The zero-order valence-corrected chi connectivity index (χ0v) is 12.3. The molecule has 2 heteroatoms. The number of rotatable bonds is 3. The predicted molar refractivity (Wildman–Crippen MR) is 85.2 cm³/mol. The summed E-state index contributed by atoms with van der Waals surface area (Å²) in [6.45, 7) is 13.7. The van der Waals surface area contributed by atoms with Crippen molar-refractivity contribution in [3.63, 3.8) is 0 Å². The van der Waals surface area contributed by atoms with Crippen molar-refractivity contribution in [3.8, 4) is 0 Å². The van der Waals surface area contributed by atoms with Crippen molar-refractivity contribution in [3.05, 3.63) is 61.0 Å². The van der Waals surface area contributed by atoms with Crippen LogP contribution in [-0.4, -0.2) is 9.55 Å². The Kier molecular flexibility index (Phi) is 5.31. The Bertz CT molecular complexity index is 576. The van der Waals surface area contributed by atoms with Crippen molar-refractivity contribution in [1.82, 2.24) is 9.55 Å². The van der Waals surface area contributed by atoms with Crippen LogP contribution < -0.4 is 0 Å². The normalized spacial score (nSPS) is 10.8. The van der Waals surface area contributed by atoms with Gasteiger partial charge in [0.1, 0.15) is 5.65 Å². The van der Waals surface area contributed by atoms with Crippen LogP contribution in [-0.2, 0) is 7.05 Å². The summed E-state index contributed by atoms with van der Waals surface area (Å²) in [6.07, 6.45) is 7.41. The average Bonchev–Trinajstić information content (AvgIpc) is 2.72. The standard InChI is InChI=1S/C15H16N2.C2H6/c1-5-8-12(6-2)14-11(3)13-9-7-10-16-15(13)17(14)4;1-2/h5-10H,1-2H2,3-4H3;1-2H3/b12-8+;. The monoisotopic (exact) mass is 254 g/mol. The molecule has 19 heavy (non-hydrogen) atoms. The number of aryl methyl sites for hydroxylation is 2. The molecule has 2 aromatic heterocycles. The quantitative estimate of drug-likeness (QED) is 0.728. The zero-order chi connectivity index (χ0) is 14.4. The summed E-state index contributed by atoms with van der Waals surface area (Å²) in [7, 11) is 2.03. The molecule has 0 amide bonds. The van der Waals surface area contributed by atoms with Gasteiger partial charge >= 0.3 is 0 Å². The molecule has 0 bridgehead atoms. The topological polar surface area (TPSA) is 17.8 Å². The fourth-order valence-electron chi connectivity index (χ4n) is 2.22. The van der Waals surface area contributed by atoms with Gasteiger partial charge in [-0.2, -0.15) is 0 Å². The van der Waals surface area contributed by atoms with Crippen LogP contribution >= 0.6 is 0 Å². The highest BCUT2D eigenvalue weighted by Crippen LogP contribution is 2.28. The molecule has 0 saturated carbocycles. The third-order valence-electron chi connectivity index (χ3n) is 2.99. The lowest BCUT2D eigenvalue weighted by atomic mass is 10.1. The van der Waals surface area contributed by atoms with Gasteiger partial charge in [0.2, 0.25) is 0 Å². The molecule has 2 heterocycles. The zero-order valence-electron chi connectivity index (χ0n) is 12.3. The first kappa shape index (κ1) is 15.0. The van der Waals surface area contributed by atoms with Crippen LogP contribution in [0.4, 0.5) is 0 Å². The fraction of sp³-hybridized carbons (Fsp3) is 0.235. The summed E-state index contributed by atoms with van der Waals surface area (Å²) in [5.74, 6) is 0. The summed E-state index contributed by atoms with van der Waals surface area (Å²) in [5, 5.41) is 1.18. The van der Waals surface area contributed by atoms with Gasteiger partial charge in [0.25, 0.3) is 0 Å². The minimum absolute atomic E-state index is 0.997. The van der Waals surface area contributed by atoms with E-state index >= 15 is 0 Å². The van der Waals surface area contributed by atoms with Gasteiger partial charge in [-0.25, -0.2) is 4.98 Å². The molecule has 2 nitrogen and oxygen atoms in total. The second kappa shape index (κ2) is 6.74. The molecule has 0 aliphatic heterocycles. The maximum atomic E-state index is 4.41. The SMILES string of the molecule is C=C/C=C(\C=C)c1c(C)c2cccnc2n1C.CC. The Hall–Kier alpha value is -2.09. The van der Waals surface area contributed by atoms with E-state index in [9.17, 15) is 0 Å². The predicted octanol–water partition coefficient (Wildman–Crippen LogP) is 4.66. The second-order valence-corrected chi connectivity index (χ2v) is 3.97. The van der Waals surface area contributed by atoms with Crippen molar-refractivity contribution in [2.24, 2.45) is 7.05 Å². The Labute approximate surface area is 115 Å². The first-order valence-electron chi connectivity index (χ1n) is 6.56. The van der Waals surface area contributed by atoms with Crippen molar-refractivity contribution in [2.75, 3.05) is 0 Å². The molecule has 0 aliphatic rings. The van der Waals surface area contributed by atoms with Crippen LogP contribution in [0.1, 0.15) is 25.1 Å². The van der Waals surface area contributed by atoms with E-state index in [0.717, 1.165) is 16.9 Å². The molecule has 0 aromatic carbocycles. The smallest absolute Gasteiger partial charge is 0.140 e. The lowest BCUT2D eigenvalue weighted by Crippen LogP contribution is -1.96. The molecular weight excluding hydrogens is 232 g/mol. The van der Waals surface area contributed by atoms with E-state index in [0.29, 0.717) is 0 Å². The van der Waals surface area contributed by atoms with Crippen LogP contribution in [0.3, 0.4) is 0 Å². The largest absolute Gasteiger partial charge is 0.328 e. The summed E-state index contributed by atoms with van der Waals surface area (Å²) in [4.78, 5) is 4.41. The minimum Gasteiger partial charge on any atom is -0.328 e. The maximum absolute atomic E-state index is 4.41. The molecule has 0 saturated heterocycles. The van der Waals surface area contributed by atoms with Crippen molar-refractivity contribution < 1.29 is 0 Å². The Morgan fingerprint density at radius 2 is 2.00 bits per heavy atom. The molecule has 100 valence electrons. The molecule has 0 fully saturated rings. The molecule has 0 unspecified atom stereocenters. The number of fused-ring (bicyclic) bond motifs is 1. The van der Waals surface area contributed by atoms with Gasteiger partial charge in [-0.1, -0.05) is 45.2 Å². The summed E-state index contributed by atoms with van der Waals surface area (Å²) in [5.41, 5.74) is 4.44. The van der Waals surface area contributed by atoms with E-state index in [1.807, 2.05) is 45.3 Å². The van der Waals surface area contributed by atoms with Crippen LogP contribution in [0.25, 0.3) is 16.6 Å². The van der Waals surface area contributed by atoms with E-state index in [4.69, 9.17) is 0 Å². The number of hydrogen-bond acceptors (Lipinski definition) is 1. The third-order valence-corrected chi connectivity index (χ3v) is 2.99. The lowest BCUT2D eigenvalue weighted by Gasteiger charge is -2.05. The van der Waals surface area contributed by atoms with Gasteiger partial charge in [0, 0.05) is 18.6 Å². The molecule has 0 spiro atoms. The Morgan fingerprint density at radius 3 is 2.53 bits per heavy atom. The highest BCUT2D eigenvalue weighted by molar-refractivity contribution is 5.89. The van der Waals surface area contributed by atoms with Crippen LogP contribution in [0, 0.1) is 6.92 Å². The Morgan fingerprint density at radius 1 is 1.32 bits per heavy atom. The first-order valence-corrected chi connectivity index (χ1v) is 6.56. The van der Waals surface area contributed by atoms with Gasteiger partial charge in [0.05, 0.1) is 5.69 Å². The molecule has 0 atom stereocenters. The number of aromatic nitrogens is 2. The van der Waals surface area contributed by atoms with Gasteiger partial charge in [-0.15, -0.1) is 0 Å². The van der Waals surface area contributed by atoms with E-state index < -0.39 is 0 Å². The highest BCUT2D eigenvalue weighted by Gasteiger charge is 2.13. The number of pyridine rings is 1. The number of allylic oxidation sites excluding steroid dienone is 4. The highest BCUT2D eigenvalue weighted by atomic mass is 15.0. The molecule has 0 N–H and O–H groups in total. The van der Waals surface area contributed by atoms with Gasteiger partial charge in [0.15, 0.2) is 0 Å². The second-order valence-electron chi connectivity index (χ2n) is 3.97. The van der Waals surface area contributed by atoms with Gasteiger partial charge in [-0.05, 0) is 30.2 Å². The van der Waals surface area contributed by atoms with Crippen LogP contribution in [0.2, 0.25) is 0 Å². The Balaban J connectivity index is 0.000000861. The van der Waals surface area contributed by atoms with Crippen molar-refractivity contribution >= 4 is 16.6 Å². The number of nitrogens with zero attached hydrogens (tertiary/aromatic N) is 2. The minimum atomic E-state index is 0.997. The first-order chi connectivity index (χ1) is 9.20. The van der Waals surface area contributed by atoms with Gasteiger partial charge < -0.3 is 4.57 Å². The van der Waals surface area contributed by atoms with Crippen LogP contribution in [0.5, 0.6) is 0 Å². The van der Waals surface area contributed by atoms with Crippen LogP contribution in [0.15, 0.2) is 49.7 Å². The maximum Gasteiger partial charge on any atom is 0.140 e. The summed E-state index contributed by atoms with van der Waals surface area (Å²) < 4.78 is 2.10. The molecule has 2 rings (SSSR count). The molecular formula is C17H22N2. The number of hydrogen-bond donors (Lipinski definition) is 0. The lowest BCUT2D eigenvalue weighted by molar-refractivity contribution is 0.926. The molecule has 0 aliphatic carbocycles. The fourth-order valence-corrected chi connectivity index (χ4v) is 2.22. The third kappa shape index (κ3) is 2.68. The average molecular weight is 254 g/mol. The van der Waals surface area contributed by atoms with E-state index in [2.05, 4.69) is 35.7 Å². The summed E-state index contributed by atoms with van der Waals surface area (Å²) in [6, 6.07) is 4.06. The van der Waals surface area contributed by atoms with Crippen molar-refractivity contribution in [2.45, 2.75) is 20.8 Å². The van der Waals surface area contributed by atoms with E-state index in [1.54, 1.807) is 6.08 Å². The molecule has 2 aromatic rings. The summed E-state index contributed by atoms with van der Waals surface area (Å²) >= 11 is 0. The van der Waals surface area contributed by atoms with E-state index in [-0.39, 0.29) is 0 Å². The van der Waals surface area contributed by atoms with Gasteiger partial charge in [-0.3, -0.25) is 0 Å². The van der Waals surface area contributed by atoms with Crippen molar-refractivity contribution in [1.29, 1.82) is 0 Å².